The molecule has 5 nitrogen and oxygen atoms in total. The summed E-state index contributed by atoms with van der Waals surface area (Å²) >= 11 is 6.07. The molecule has 2 rings (SSSR count). The van der Waals surface area contributed by atoms with Gasteiger partial charge >= 0.3 is 0 Å². The van der Waals surface area contributed by atoms with Crippen LogP contribution in [0.15, 0.2) is 12.1 Å². The number of nitrogens with one attached hydrogen (secondary N) is 1. The molecular formula is C14H20ClN3O2. The van der Waals surface area contributed by atoms with E-state index in [1.54, 1.807) is 24.0 Å². The molecule has 110 valence electrons. The van der Waals surface area contributed by atoms with Crippen molar-refractivity contribution in [2.24, 2.45) is 0 Å². The Kier molecular flexibility index (Phi) is 4.50. The number of likely N-dealkylation sites (tertiary alicyclic amines) is 1. The molecule has 2 heterocycles. The maximum absolute atomic E-state index is 12.4. The number of rotatable bonds is 4. The summed E-state index contributed by atoms with van der Waals surface area (Å²) in [4.78, 5) is 18.3. The Balaban J connectivity index is 2.16. The third-order valence-electron chi connectivity index (χ3n) is 3.34. The number of aromatic nitrogens is 1. The zero-order valence-corrected chi connectivity index (χ0v) is 12.6. The maximum atomic E-state index is 12.4. The summed E-state index contributed by atoms with van der Waals surface area (Å²) in [5, 5.41) is 13.4. The highest BCUT2D eigenvalue weighted by Crippen LogP contribution is 2.24. The lowest BCUT2D eigenvalue weighted by molar-refractivity contribution is 0.0569. The van der Waals surface area contributed by atoms with Gasteiger partial charge in [0.1, 0.15) is 11.5 Å². The van der Waals surface area contributed by atoms with Crippen molar-refractivity contribution in [1.29, 1.82) is 0 Å². The van der Waals surface area contributed by atoms with Gasteiger partial charge in [-0.25, -0.2) is 4.98 Å². The third kappa shape index (κ3) is 3.41. The lowest BCUT2D eigenvalue weighted by Crippen LogP contribution is -2.34. The Bertz CT molecular complexity index is 505. The fourth-order valence-corrected chi connectivity index (χ4v) is 2.40. The predicted octanol–water partition coefficient (Wildman–Crippen LogP) is 2.15. The Morgan fingerprint density at radius 1 is 1.60 bits per heavy atom. The Morgan fingerprint density at radius 2 is 2.35 bits per heavy atom. The van der Waals surface area contributed by atoms with E-state index in [1.165, 1.54) is 0 Å². The average Bonchev–Trinajstić information content (AvgIpc) is 2.77. The number of pyridine rings is 1. The number of aliphatic hydroxyl groups is 1. The largest absolute Gasteiger partial charge is 0.388 e. The first-order chi connectivity index (χ1) is 9.43. The van der Waals surface area contributed by atoms with Gasteiger partial charge in [-0.15, -0.1) is 0 Å². The molecule has 0 radical (unpaired) electrons. The zero-order chi connectivity index (χ0) is 14.8. The van der Waals surface area contributed by atoms with Crippen LogP contribution >= 0.6 is 11.6 Å². The van der Waals surface area contributed by atoms with Crippen LogP contribution in [0.4, 0.5) is 5.82 Å². The second-order valence-corrected chi connectivity index (χ2v) is 5.83. The summed E-state index contributed by atoms with van der Waals surface area (Å²) in [5.41, 5.74) is -0.578. The number of carbonyl (C=O) groups is 1. The quantitative estimate of drug-likeness (QED) is 0.894. The van der Waals surface area contributed by atoms with Gasteiger partial charge in [0.25, 0.3) is 5.91 Å². The highest BCUT2D eigenvalue weighted by atomic mass is 35.5. The van der Waals surface area contributed by atoms with Crippen molar-refractivity contribution >= 4 is 23.3 Å². The third-order valence-corrected chi connectivity index (χ3v) is 3.65. The minimum Gasteiger partial charge on any atom is -0.388 e. The van der Waals surface area contributed by atoms with E-state index in [0.29, 0.717) is 30.4 Å². The smallest absolute Gasteiger partial charge is 0.274 e. The molecule has 0 saturated carbocycles. The van der Waals surface area contributed by atoms with Crippen LogP contribution in [0, 0.1) is 0 Å². The van der Waals surface area contributed by atoms with Gasteiger partial charge in [0.15, 0.2) is 0 Å². The van der Waals surface area contributed by atoms with Gasteiger partial charge in [-0.3, -0.25) is 4.79 Å². The second kappa shape index (κ2) is 5.97. The molecule has 0 aliphatic carbocycles. The van der Waals surface area contributed by atoms with Crippen LogP contribution in [-0.2, 0) is 0 Å². The first-order valence-electron chi connectivity index (χ1n) is 6.85. The standard InChI is InChI=1S/C14H20ClN3O2/c1-3-7-16-11-5-4-10(15)12(17-11)13(19)18-8-6-14(2,20)9-18/h4-5,20H,3,6-9H2,1-2H3,(H,16,17). The van der Waals surface area contributed by atoms with Crippen molar-refractivity contribution in [2.75, 3.05) is 25.0 Å². The molecule has 1 amide bonds. The minimum absolute atomic E-state index is 0.229. The second-order valence-electron chi connectivity index (χ2n) is 5.43. The maximum Gasteiger partial charge on any atom is 0.274 e. The first kappa shape index (κ1) is 15.1. The molecule has 1 fully saturated rings. The van der Waals surface area contributed by atoms with Crippen molar-refractivity contribution in [2.45, 2.75) is 32.3 Å². The van der Waals surface area contributed by atoms with Gasteiger partial charge in [-0.1, -0.05) is 18.5 Å². The van der Waals surface area contributed by atoms with Crippen molar-refractivity contribution in [3.63, 3.8) is 0 Å². The predicted molar refractivity (Wildman–Crippen MR) is 79.2 cm³/mol. The van der Waals surface area contributed by atoms with Crippen molar-refractivity contribution in [1.82, 2.24) is 9.88 Å². The molecule has 0 aromatic carbocycles. The van der Waals surface area contributed by atoms with Gasteiger partial charge < -0.3 is 15.3 Å². The topological polar surface area (TPSA) is 65.5 Å². The van der Waals surface area contributed by atoms with Gasteiger partial charge in [0, 0.05) is 19.6 Å². The lowest BCUT2D eigenvalue weighted by Gasteiger charge is -2.19. The first-order valence-corrected chi connectivity index (χ1v) is 7.23. The lowest BCUT2D eigenvalue weighted by atomic mass is 10.1. The molecule has 1 unspecified atom stereocenters. The van der Waals surface area contributed by atoms with E-state index in [9.17, 15) is 9.90 Å². The van der Waals surface area contributed by atoms with Crippen LogP contribution in [0.3, 0.4) is 0 Å². The van der Waals surface area contributed by atoms with Gasteiger partial charge in [0.2, 0.25) is 0 Å². The summed E-state index contributed by atoms with van der Waals surface area (Å²) in [6.45, 7) is 5.42. The summed E-state index contributed by atoms with van der Waals surface area (Å²) in [6.07, 6.45) is 1.55. The molecule has 0 spiro atoms. The van der Waals surface area contributed by atoms with Crippen LogP contribution < -0.4 is 5.32 Å². The number of hydrogen-bond donors (Lipinski definition) is 2. The Hall–Kier alpha value is -1.33. The molecule has 1 aliphatic heterocycles. The molecule has 2 N–H and O–H groups in total. The van der Waals surface area contributed by atoms with Crippen LogP contribution in [-0.4, -0.2) is 46.1 Å². The monoisotopic (exact) mass is 297 g/mol. The fraction of sp³-hybridized carbons (Fsp3) is 0.571. The molecule has 1 saturated heterocycles. The minimum atomic E-state index is -0.819. The Labute approximate surface area is 123 Å². The fourth-order valence-electron chi connectivity index (χ4n) is 2.21. The van der Waals surface area contributed by atoms with Crippen LogP contribution in [0.25, 0.3) is 0 Å². The number of β-amino-alcohol motifs (C(OH)–C–C–N with tert-alkyl or cyclic N) is 1. The van der Waals surface area contributed by atoms with E-state index >= 15 is 0 Å². The van der Waals surface area contributed by atoms with E-state index in [4.69, 9.17) is 11.6 Å². The molecule has 1 atom stereocenters. The highest BCUT2D eigenvalue weighted by molar-refractivity contribution is 6.33. The Morgan fingerprint density at radius 3 is 2.95 bits per heavy atom. The van der Waals surface area contributed by atoms with Crippen molar-refractivity contribution in [3.8, 4) is 0 Å². The molecule has 1 aliphatic rings. The zero-order valence-electron chi connectivity index (χ0n) is 11.8. The average molecular weight is 298 g/mol. The van der Waals surface area contributed by atoms with E-state index in [2.05, 4.69) is 17.2 Å². The van der Waals surface area contributed by atoms with E-state index in [1.807, 2.05) is 0 Å². The summed E-state index contributed by atoms with van der Waals surface area (Å²) in [5.74, 6) is 0.415. The summed E-state index contributed by atoms with van der Waals surface area (Å²) in [6, 6.07) is 3.43. The molecular weight excluding hydrogens is 278 g/mol. The SMILES string of the molecule is CCCNc1ccc(Cl)c(C(=O)N2CCC(C)(O)C2)n1. The number of halogens is 1. The molecule has 1 aromatic heterocycles. The summed E-state index contributed by atoms with van der Waals surface area (Å²) in [7, 11) is 0. The normalized spacial score (nSPS) is 22.1. The van der Waals surface area contributed by atoms with Crippen LogP contribution in [0.2, 0.25) is 5.02 Å². The number of amides is 1. The van der Waals surface area contributed by atoms with E-state index in [-0.39, 0.29) is 11.6 Å². The van der Waals surface area contributed by atoms with Crippen LogP contribution in [0.5, 0.6) is 0 Å². The van der Waals surface area contributed by atoms with Crippen molar-refractivity contribution < 1.29 is 9.90 Å². The van der Waals surface area contributed by atoms with Gasteiger partial charge in [-0.2, -0.15) is 0 Å². The number of hydrogen-bond acceptors (Lipinski definition) is 4. The number of nitrogens with zero attached hydrogens (tertiary/aromatic N) is 2. The molecule has 20 heavy (non-hydrogen) atoms. The van der Waals surface area contributed by atoms with Gasteiger partial charge in [-0.05, 0) is 31.9 Å². The molecule has 0 bridgehead atoms. The highest BCUT2D eigenvalue weighted by Gasteiger charge is 2.35. The van der Waals surface area contributed by atoms with Gasteiger partial charge in [0.05, 0.1) is 10.6 Å². The van der Waals surface area contributed by atoms with Crippen molar-refractivity contribution in [3.05, 3.63) is 22.8 Å². The van der Waals surface area contributed by atoms with E-state index < -0.39 is 5.60 Å². The summed E-state index contributed by atoms with van der Waals surface area (Å²) < 4.78 is 0. The van der Waals surface area contributed by atoms with E-state index in [0.717, 1.165) is 13.0 Å². The molecule has 6 heteroatoms. The van der Waals surface area contributed by atoms with Crippen LogP contribution in [0.1, 0.15) is 37.2 Å². The number of carbonyl (C=O) groups excluding carboxylic acids is 1. The molecule has 1 aromatic rings. The number of anilines is 1.